The van der Waals surface area contributed by atoms with Gasteiger partial charge in [-0.05, 0) is 31.9 Å². The van der Waals surface area contributed by atoms with E-state index >= 15 is 0 Å². The highest BCUT2D eigenvalue weighted by atomic mass is 19.1. The molecule has 0 amide bonds. The van der Waals surface area contributed by atoms with E-state index in [0.29, 0.717) is 11.1 Å². The van der Waals surface area contributed by atoms with Crippen LogP contribution >= 0.6 is 0 Å². The van der Waals surface area contributed by atoms with E-state index in [2.05, 4.69) is 4.98 Å². The number of halogens is 1. The zero-order valence-corrected chi connectivity index (χ0v) is 10.0. The number of aryl methyl sites for hydroxylation is 1. The maximum absolute atomic E-state index is 14.1. The molecule has 0 bridgehead atoms. The summed E-state index contributed by atoms with van der Waals surface area (Å²) in [6, 6.07) is 6.63. The third-order valence-electron chi connectivity index (χ3n) is 3.79. The fraction of sp³-hybridized carbons (Fsp3) is 0.286. The van der Waals surface area contributed by atoms with E-state index in [9.17, 15) is 4.39 Å². The summed E-state index contributed by atoms with van der Waals surface area (Å²) >= 11 is 0. The van der Waals surface area contributed by atoms with Crippen LogP contribution in [0.5, 0.6) is 0 Å². The van der Waals surface area contributed by atoms with Gasteiger partial charge in [0.25, 0.3) is 0 Å². The number of imidazole rings is 1. The number of benzene rings is 1. The monoisotopic (exact) mass is 241 g/mol. The molecule has 1 aromatic carbocycles. The molecule has 3 nitrogen and oxygen atoms in total. The molecule has 3 rings (SSSR count). The molecular formula is C14H12FN3. The van der Waals surface area contributed by atoms with Crippen molar-refractivity contribution in [3.63, 3.8) is 0 Å². The molecular weight excluding hydrogens is 229 g/mol. The van der Waals surface area contributed by atoms with Crippen LogP contribution < -0.4 is 0 Å². The molecule has 0 saturated heterocycles. The fourth-order valence-corrected chi connectivity index (χ4v) is 2.73. The number of hydrogen-bond acceptors (Lipinski definition) is 2. The van der Waals surface area contributed by atoms with E-state index in [1.165, 1.54) is 6.07 Å². The van der Waals surface area contributed by atoms with Crippen LogP contribution in [0.15, 0.2) is 30.7 Å². The van der Waals surface area contributed by atoms with Crippen molar-refractivity contribution in [1.82, 2.24) is 9.55 Å². The number of fused-ring (bicyclic) bond motifs is 1. The van der Waals surface area contributed by atoms with Crippen molar-refractivity contribution < 1.29 is 4.39 Å². The molecule has 1 aliphatic rings. The highest BCUT2D eigenvalue weighted by Gasteiger charge is 2.37. The first-order valence-corrected chi connectivity index (χ1v) is 5.87. The molecule has 0 aliphatic carbocycles. The Morgan fingerprint density at radius 1 is 1.50 bits per heavy atom. The number of nitrogens with zero attached hydrogens (tertiary/aromatic N) is 3. The lowest BCUT2D eigenvalue weighted by Crippen LogP contribution is -2.28. The summed E-state index contributed by atoms with van der Waals surface area (Å²) in [5.74, 6) is -0.321. The van der Waals surface area contributed by atoms with Crippen molar-refractivity contribution >= 4 is 0 Å². The summed E-state index contributed by atoms with van der Waals surface area (Å²) < 4.78 is 16.2. The fourth-order valence-electron chi connectivity index (χ4n) is 2.73. The lowest BCUT2D eigenvalue weighted by molar-refractivity contribution is 0.392. The van der Waals surface area contributed by atoms with E-state index in [-0.39, 0.29) is 5.82 Å². The first-order chi connectivity index (χ1) is 8.65. The predicted octanol–water partition coefficient (Wildman–Crippen LogP) is 2.60. The zero-order chi connectivity index (χ0) is 12.8. The topological polar surface area (TPSA) is 41.6 Å². The van der Waals surface area contributed by atoms with Gasteiger partial charge in [-0.15, -0.1) is 0 Å². The average Bonchev–Trinajstić information content (AvgIpc) is 2.94. The normalized spacial score (nSPS) is 21.6. The van der Waals surface area contributed by atoms with E-state index < -0.39 is 5.54 Å². The molecule has 4 heteroatoms. The van der Waals surface area contributed by atoms with Crippen LogP contribution in [0.2, 0.25) is 0 Å². The lowest BCUT2D eigenvalue weighted by Gasteiger charge is -2.27. The molecule has 1 aromatic heterocycles. The highest BCUT2D eigenvalue weighted by Crippen LogP contribution is 2.38. The van der Waals surface area contributed by atoms with Crippen LogP contribution in [0.1, 0.15) is 30.2 Å². The standard InChI is InChI=1S/C14H12FN3/c1-14(5-4-11-8-17-9-18(11)14)12-3-2-10(7-16)6-13(12)15/h2-3,6,8-9H,4-5H2,1H3. The summed E-state index contributed by atoms with van der Waals surface area (Å²) in [5, 5.41) is 8.78. The van der Waals surface area contributed by atoms with Crippen LogP contribution in [0.4, 0.5) is 4.39 Å². The highest BCUT2D eigenvalue weighted by molar-refractivity contribution is 5.38. The molecule has 1 atom stereocenters. The Morgan fingerprint density at radius 3 is 3.06 bits per heavy atom. The van der Waals surface area contributed by atoms with Gasteiger partial charge >= 0.3 is 0 Å². The first kappa shape index (κ1) is 11.0. The minimum absolute atomic E-state index is 0.321. The zero-order valence-electron chi connectivity index (χ0n) is 10.0. The Hall–Kier alpha value is -2.15. The van der Waals surface area contributed by atoms with Crippen LogP contribution in [-0.2, 0) is 12.0 Å². The molecule has 18 heavy (non-hydrogen) atoms. The van der Waals surface area contributed by atoms with Gasteiger partial charge in [0.05, 0.1) is 23.5 Å². The van der Waals surface area contributed by atoms with Crippen LogP contribution in [0.3, 0.4) is 0 Å². The van der Waals surface area contributed by atoms with Gasteiger partial charge < -0.3 is 4.57 Å². The molecule has 1 unspecified atom stereocenters. The second kappa shape index (κ2) is 3.67. The van der Waals surface area contributed by atoms with Gasteiger partial charge in [0.1, 0.15) is 5.82 Å². The minimum Gasteiger partial charge on any atom is -0.325 e. The summed E-state index contributed by atoms with van der Waals surface area (Å²) in [6.45, 7) is 2.01. The van der Waals surface area contributed by atoms with Crippen molar-refractivity contribution in [3.05, 3.63) is 53.4 Å². The number of aromatic nitrogens is 2. The van der Waals surface area contributed by atoms with E-state index in [1.807, 2.05) is 23.8 Å². The Bertz CT molecular complexity index is 653. The average molecular weight is 241 g/mol. The molecule has 0 fully saturated rings. The SMILES string of the molecule is CC1(c2ccc(C#N)cc2F)CCc2cncn21. The molecule has 2 aromatic rings. The van der Waals surface area contributed by atoms with Crippen molar-refractivity contribution in [2.75, 3.05) is 0 Å². The quantitative estimate of drug-likeness (QED) is 0.770. The summed E-state index contributed by atoms with van der Waals surface area (Å²) in [6.07, 6.45) is 5.33. The van der Waals surface area contributed by atoms with E-state index in [4.69, 9.17) is 5.26 Å². The summed E-state index contributed by atoms with van der Waals surface area (Å²) in [4.78, 5) is 4.12. The molecule has 2 heterocycles. The van der Waals surface area contributed by atoms with E-state index in [0.717, 1.165) is 18.5 Å². The van der Waals surface area contributed by atoms with Gasteiger partial charge in [-0.1, -0.05) is 6.07 Å². The predicted molar refractivity (Wildman–Crippen MR) is 64.4 cm³/mol. The molecule has 0 radical (unpaired) electrons. The van der Waals surface area contributed by atoms with E-state index in [1.54, 1.807) is 18.5 Å². The van der Waals surface area contributed by atoms with Gasteiger partial charge in [0.15, 0.2) is 0 Å². The summed E-state index contributed by atoms with van der Waals surface area (Å²) in [5.41, 5.74) is 1.70. The molecule has 90 valence electrons. The molecule has 0 saturated carbocycles. The Kier molecular flexibility index (Phi) is 2.24. The molecule has 0 N–H and O–H groups in total. The van der Waals surface area contributed by atoms with Crippen molar-refractivity contribution in [3.8, 4) is 6.07 Å². The maximum Gasteiger partial charge on any atom is 0.130 e. The number of rotatable bonds is 1. The smallest absolute Gasteiger partial charge is 0.130 e. The van der Waals surface area contributed by atoms with Crippen LogP contribution in [0, 0.1) is 17.1 Å². The van der Waals surface area contributed by atoms with Gasteiger partial charge in [0, 0.05) is 17.5 Å². The third-order valence-corrected chi connectivity index (χ3v) is 3.79. The molecule has 0 spiro atoms. The third kappa shape index (κ3) is 1.37. The van der Waals surface area contributed by atoms with Crippen LogP contribution in [-0.4, -0.2) is 9.55 Å². The minimum atomic E-state index is -0.399. The van der Waals surface area contributed by atoms with Gasteiger partial charge in [0.2, 0.25) is 0 Å². The number of hydrogen-bond donors (Lipinski definition) is 0. The van der Waals surface area contributed by atoms with Gasteiger partial charge in [-0.25, -0.2) is 9.37 Å². The van der Waals surface area contributed by atoms with Gasteiger partial charge in [-0.3, -0.25) is 0 Å². The lowest BCUT2D eigenvalue weighted by atomic mass is 9.88. The maximum atomic E-state index is 14.1. The number of nitriles is 1. The van der Waals surface area contributed by atoms with Gasteiger partial charge in [-0.2, -0.15) is 5.26 Å². The van der Waals surface area contributed by atoms with Crippen molar-refractivity contribution in [1.29, 1.82) is 5.26 Å². The Balaban J connectivity index is 2.14. The Labute approximate surface area is 105 Å². The first-order valence-electron chi connectivity index (χ1n) is 5.87. The summed E-state index contributed by atoms with van der Waals surface area (Å²) in [7, 11) is 0. The van der Waals surface area contributed by atoms with Crippen molar-refractivity contribution in [2.45, 2.75) is 25.3 Å². The molecule has 1 aliphatic heterocycles. The Morgan fingerprint density at radius 2 is 2.33 bits per heavy atom. The van der Waals surface area contributed by atoms with Crippen molar-refractivity contribution in [2.24, 2.45) is 0 Å². The largest absolute Gasteiger partial charge is 0.325 e. The second-order valence-corrected chi connectivity index (χ2v) is 4.84. The van der Waals surface area contributed by atoms with Crippen LogP contribution in [0.25, 0.3) is 0 Å². The second-order valence-electron chi connectivity index (χ2n) is 4.84.